The summed E-state index contributed by atoms with van der Waals surface area (Å²) < 4.78 is 32.9. The molecule has 5 aromatic rings. The number of amides is 2. The molecule has 57 heavy (non-hydrogen) atoms. The predicted molar refractivity (Wildman–Crippen MR) is 220 cm³/mol. The minimum Gasteiger partial charge on any atom is -0.493 e. The van der Waals surface area contributed by atoms with Gasteiger partial charge >= 0.3 is 0 Å². The maximum absolute atomic E-state index is 15.2. The first kappa shape index (κ1) is 40.4. The van der Waals surface area contributed by atoms with E-state index in [9.17, 15) is 9.59 Å². The summed E-state index contributed by atoms with van der Waals surface area (Å²) in [5.41, 5.74) is 4.48. The van der Waals surface area contributed by atoms with E-state index < -0.39 is 11.7 Å². The summed E-state index contributed by atoms with van der Waals surface area (Å²) in [7, 11) is 3.61. The Morgan fingerprint density at radius 2 is 1.70 bits per heavy atom. The quantitative estimate of drug-likeness (QED) is 0.0691. The van der Waals surface area contributed by atoms with E-state index in [1.807, 2.05) is 62.4 Å². The average molecular weight is 774 g/mol. The van der Waals surface area contributed by atoms with Crippen molar-refractivity contribution in [3.8, 4) is 23.1 Å². The SMILES string of the molecule is COc1ccc(C=CC(=O)NCc2ccccc2)cc1Oc1nc(Nc2ccc(OCCCN3CCN(C)CC3)c(F)c2)ncc1C(=O)Nc1cc(C)ccc1C. The Kier molecular flexibility index (Phi) is 13.8. The second-order valence-corrected chi connectivity index (χ2v) is 13.9. The number of aryl methyl sites for hydroxylation is 2. The van der Waals surface area contributed by atoms with Crippen LogP contribution in [0.2, 0.25) is 0 Å². The Morgan fingerprint density at radius 1 is 0.912 bits per heavy atom. The number of carbonyl (C=O) groups is 2. The Bertz CT molecular complexity index is 2190. The molecule has 1 fully saturated rings. The number of piperazine rings is 1. The maximum Gasteiger partial charge on any atom is 0.262 e. The number of ether oxygens (including phenoxy) is 3. The molecule has 6 rings (SSSR count). The number of methoxy groups -OCH3 is 1. The zero-order valence-corrected chi connectivity index (χ0v) is 32.7. The van der Waals surface area contributed by atoms with Crippen LogP contribution in [0, 0.1) is 19.7 Å². The van der Waals surface area contributed by atoms with Gasteiger partial charge in [-0.15, -0.1) is 0 Å². The first-order chi connectivity index (χ1) is 27.6. The van der Waals surface area contributed by atoms with E-state index in [1.165, 1.54) is 25.4 Å². The van der Waals surface area contributed by atoms with Gasteiger partial charge in [-0.3, -0.25) is 9.59 Å². The second kappa shape index (κ2) is 19.5. The van der Waals surface area contributed by atoms with Gasteiger partial charge in [0.1, 0.15) is 5.56 Å². The van der Waals surface area contributed by atoms with E-state index in [4.69, 9.17) is 14.2 Å². The number of aromatic nitrogens is 2. The number of halogens is 1. The number of benzene rings is 4. The van der Waals surface area contributed by atoms with Gasteiger partial charge in [-0.05, 0) is 86.0 Å². The number of likely N-dealkylation sites (N-methyl/N-ethyl adjacent to an activating group) is 1. The van der Waals surface area contributed by atoms with Crippen LogP contribution in [0.5, 0.6) is 23.1 Å². The van der Waals surface area contributed by atoms with Gasteiger partial charge in [-0.2, -0.15) is 4.98 Å². The second-order valence-electron chi connectivity index (χ2n) is 13.9. The van der Waals surface area contributed by atoms with Crippen LogP contribution in [0.3, 0.4) is 0 Å². The van der Waals surface area contributed by atoms with Crippen LogP contribution in [0.15, 0.2) is 97.2 Å². The van der Waals surface area contributed by atoms with Crippen molar-refractivity contribution in [3.05, 3.63) is 131 Å². The first-order valence-electron chi connectivity index (χ1n) is 18.8. The highest BCUT2D eigenvalue weighted by molar-refractivity contribution is 6.06. The third-order valence-corrected chi connectivity index (χ3v) is 9.43. The Morgan fingerprint density at radius 3 is 2.47 bits per heavy atom. The monoisotopic (exact) mass is 773 g/mol. The van der Waals surface area contributed by atoms with Crippen molar-refractivity contribution in [2.24, 2.45) is 0 Å². The van der Waals surface area contributed by atoms with Crippen LogP contribution in [0.25, 0.3) is 6.08 Å². The van der Waals surface area contributed by atoms with E-state index in [1.54, 1.807) is 36.4 Å². The van der Waals surface area contributed by atoms with Crippen molar-refractivity contribution in [2.45, 2.75) is 26.8 Å². The first-order valence-corrected chi connectivity index (χ1v) is 18.8. The Balaban J connectivity index is 1.19. The molecule has 1 aromatic heterocycles. The molecule has 13 heteroatoms. The van der Waals surface area contributed by atoms with E-state index in [-0.39, 0.29) is 34.8 Å². The van der Waals surface area contributed by atoms with Crippen molar-refractivity contribution in [1.82, 2.24) is 25.1 Å². The number of hydrogen-bond acceptors (Lipinski definition) is 10. The third-order valence-electron chi connectivity index (χ3n) is 9.43. The summed E-state index contributed by atoms with van der Waals surface area (Å²) in [5, 5.41) is 8.82. The number of nitrogens with one attached hydrogen (secondary N) is 3. The summed E-state index contributed by atoms with van der Waals surface area (Å²) >= 11 is 0. The third kappa shape index (κ3) is 11.6. The Hall–Kier alpha value is -6.31. The summed E-state index contributed by atoms with van der Waals surface area (Å²) in [5.74, 6) is -0.608. The van der Waals surface area contributed by atoms with Gasteiger partial charge in [0.2, 0.25) is 17.7 Å². The number of anilines is 3. The van der Waals surface area contributed by atoms with Gasteiger partial charge in [0.15, 0.2) is 23.1 Å². The maximum atomic E-state index is 15.2. The average Bonchev–Trinajstić information content (AvgIpc) is 3.21. The highest BCUT2D eigenvalue weighted by Crippen LogP contribution is 2.35. The van der Waals surface area contributed by atoms with Gasteiger partial charge in [-0.25, -0.2) is 9.37 Å². The fourth-order valence-electron chi connectivity index (χ4n) is 6.08. The molecular formula is C44H48FN7O5. The predicted octanol–water partition coefficient (Wildman–Crippen LogP) is 7.38. The zero-order chi connectivity index (χ0) is 40.1. The molecule has 0 atom stereocenters. The van der Waals surface area contributed by atoms with Crippen molar-refractivity contribution < 1.29 is 28.2 Å². The van der Waals surface area contributed by atoms with Crippen molar-refractivity contribution in [2.75, 3.05) is 64.1 Å². The molecule has 0 radical (unpaired) electrons. The minimum absolute atomic E-state index is 0.0382. The Labute approximate surface area is 332 Å². The summed E-state index contributed by atoms with van der Waals surface area (Å²) in [6.07, 6.45) is 5.20. The van der Waals surface area contributed by atoms with Gasteiger partial charge < -0.3 is 40.0 Å². The lowest BCUT2D eigenvalue weighted by molar-refractivity contribution is -0.116. The van der Waals surface area contributed by atoms with E-state index in [0.717, 1.165) is 55.8 Å². The summed E-state index contributed by atoms with van der Waals surface area (Å²) in [6.45, 7) is 9.64. The molecule has 2 heterocycles. The number of carbonyl (C=O) groups excluding carboxylic acids is 2. The molecule has 0 saturated carbocycles. The van der Waals surface area contributed by atoms with E-state index >= 15 is 4.39 Å². The molecule has 1 aliphatic heterocycles. The van der Waals surface area contributed by atoms with Gasteiger partial charge in [-0.1, -0.05) is 48.5 Å². The van der Waals surface area contributed by atoms with Crippen LogP contribution in [0.1, 0.15) is 39.0 Å². The fraction of sp³-hybridized carbons (Fsp3) is 0.273. The molecule has 12 nitrogen and oxygen atoms in total. The van der Waals surface area contributed by atoms with Crippen molar-refractivity contribution >= 4 is 35.2 Å². The largest absolute Gasteiger partial charge is 0.493 e. The molecular weight excluding hydrogens is 726 g/mol. The van der Waals surface area contributed by atoms with Crippen LogP contribution >= 0.6 is 0 Å². The number of rotatable bonds is 16. The molecule has 2 amide bonds. The topological polar surface area (TPSA) is 130 Å². The molecule has 296 valence electrons. The summed E-state index contributed by atoms with van der Waals surface area (Å²) in [6, 6.07) is 25.0. The molecule has 1 aliphatic rings. The zero-order valence-electron chi connectivity index (χ0n) is 32.7. The fourth-order valence-corrected chi connectivity index (χ4v) is 6.08. The van der Waals surface area contributed by atoms with Crippen molar-refractivity contribution in [3.63, 3.8) is 0 Å². The van der Waals surface area contributed by atoms with E-state index in [2.05, 4.69) is 42.8 Å². The molecule has 0 bridgehead atoms. The molecule has 4 aromatic carbocycles. The highest BCUT2D eigenvalue weighted by Gasteiger charge is 2.21. The van der Waals surface area contributed by atoms with Crippen LogP contribution in [-0.4, -0.2) is 85.1 Å². The van der Waals surface area contributed by atoms with Crippen LogP contribution < -0.4 is 30.2 Å². The standard InChI is InChI=1S/C44H48FN7O5/c1-30-11-12-31(2)37(25-30)49-42(54)35-29-47-44(48-34-15-17-38(36(45)27-34)56-24-8-19-52-22-20-51(3)21-23-52)50-43(35)57-40-26-32(13-16-39(40)55-4)14-18-41(53)46-28-33-9-6-5-7-10-33/h5-7,9-18,25-27,29H,8,19-24,28H2,1-4H3,(H,46,53)(H,49,54)(H,47,48,50). The molecule has 0 unspecified atom stereocenters. The highest BCUT2D eigenvalue weighted by atomic mass is 19.1. The smallest absolute Gasteiger partial charge is 0.262 e. The van der Waals surface area contributed by atoms with Gasteiger partial charge in [0, 0.05) is 69.0 Å². The molecule has 0 aliphatic carbocycles. The van der Waals surface area contributed by atoms with Gasteiger partial charge in [0.05, 0.1) is 13.7 Å². The minimum atomic E-state index is -0.538. The normalized spacial score (nSPS) is 13.3. The summed E-state index contributed by atoms with van der Waals surface area (Å²) in [4.78, 5) is 40.0. The van der Waals surface area contributed by atoms with Crippen LogP contribution in [-0.2, 0) is 11.3 Å². The lowest BCUT2D eigenvalue weighted by atomic mass is 10.1. The van der Waals surface area contributed by atoms with Crippen LogP contribution in [0.4, 0.5) is 21.7 Å². The lowest BCUT2D eigenvalue weighted by Gasteiger charge is -2.32. The number of hydrogen-bond donors (Lipinski definition) is 3. The van der Waals surface area contributed by atoms with Crippen molar-refractivity contribution in [1.29, 1.82) is 0 Å². The lowest BCUT2D eigenvalue weighted by Crippen LogP contribution is -2.44. The molecule has 1 saturated heterocycles. The van der Waals surface area contributed by atoms with Gasteiger partial charge in [0.25, 0.3) is 5.91 Å². The number of nitrogens with zero attached hydrogens (tertiary/aromatic N) is 4. The molecule has 3 N–H and O–H groups in total. The molecule has 0 spiro atoms. The van der Waals surface area contributed by atoms with E-state index in [0.29, 0.717) is 35.8 Å².